The van der Waals surface area contributed by atoms with Gasteiger partial charge in [0.05, 0.1) is 22.2 Å². The maximum Gasteiger partial charge on any atom is 0.307 e. The molecule has 0 aliphatic carbocycles. The van der Waals surface area contributed by atoms with Crippen LogP contribution >= 0.6 is 22.9 Å². The van der Waals surface area contributed by atoms with Gasteiger partial charge in [-0.3, -0.25) is 13.9 Å². The summed E-state index contributed by atoms with van der Waals surface area (Å²) in [6, 6.07) is 9.10. The van der Waals surface area contributed by atoms with Gasteiger partial charge in [0.2, 0.25) is 15.9 Å². The summed E-state index contributed by atoms with van der Waals surface area (Å²) in [7, 11) is -2.09. The van der Waals surface area contributed by atoms with Crippen LogP contribution in [0.15, 0.2) is 41.2 Å². The summed E-state index contributed by atoms with van der Waals surface area (Å²) >= 11 is 7.17. The number of anilines is 2. The van der Waals surface area contributed by atoms with Crippen LogP contribution in [-0.4, -0.2) is 31.2 Å². The van der Waals surface area contributed by atoms with Gasteiger partial charge in [0.1, 0.15) is 6.04 Å². The first-order valence-corrected chi connectivity index (χ1v) is 12.2. The van der Waals surface area contributed by atoms with Crippen molar-refractivity contribution >= 4 is 60.5 Å². The summed E-state index contributed by atoms with van der Waals surface area (Å²) in [4.78, 5) is 24.9. The Bertz CT molecular complexity index is 1280. The Labute approximate surface area is 183 Å². The summed E-state index contributed by atoms with van der Waals surface area (Å²) in [5, 5.41) is 3.17. The van der Waals surface area contributed by atoms with Gasteiger partial charge in [-0.25, -0.2) is 8.42 Å². The van der Waals surface area contributed by atoms with E-state index in [0.29, 0.717) is 22.0 Å². The SMILES string of the molecule is CC[C@@H](C(=O)Nc1ccc2c(c1)sc(=O)n2C)N(c1cc(Cl)ccc1C)S(C)(=O)=O. The number of fused-ring (bicyclic) bond motifs is 1. The number of carbonyl (C=O) groups excluding carboxylic acids is 1. The minimum atomic E-state index is -3.77. The van der Waals surface area contributed by atoms with E-state index in [-0.39, 0.29) is 11.3 Å². The zero-order valence-corrected chi connectivity index (χ0v) is 19.4. The Hall–Kier alpha value is -2.36. The summed E-state index contributed by atoms with van der Waals surface area (Å²) < 4.78 is 28.7. The van der Waals surface area contributed by atoms with Gasteiger partial charge in [0.15, 0.2) is 0 Å². The molecular weight excluding hydrogens is 446 g/mol. The smallest absolute Gasteiger partial charge is 0.307 e. The molecule has 1 amide bonds. The lowest BCUT2D eigenvalue weighted by Crippen LogP contribution is -2.47. The highest BCUT2D eigenvalue weighted by Gasteiger charge is 2.32. The van der Waals surface area contributed by atoms with E-state index in [2.05, 4.69) is 5.32 Å². The molecular formula is C20H22ClN3O4S2. The first-order valence-electron chi connectivity index (χ1n) is 9.19. The highest BCUT2D eigenvalue weighted by molar-refractivity contribution is 7.92. The molecule has 0 aliphatic rings. The number of rotatable bonds is 6. The van der Waals surface area contributed by atoms with E-state index < -0.39 is 22.0 Å². The van der Waals surface area contributed by atoms with Crippen LogP contribution in [0, 0.1) is 6.92 Å². The molecule has 0 saturated heterocycles. The van der Waals surface area contributed by atoms with E-state index in [1.807, 2.05) is 0 Å². The summed E-state index contributed by atoms with van der Waals surface area (Å²) in [6.07, 6.45) is 1.32. The Morgan fingerprint density at radius 1 is 1.27 bits per heavy atom. The Morgan fingerprint density at radius 3 is 2.60 bits per heavy atom. The number of aromatic nitrogens is 1. The van der Waals surface area contributed by atoms with Gasteiger partial charge in [0.25, 0.3) is 0 Å². The van der Waals surface area contributed by atoms with Crippen molar-refractivity contribution < 1.29 is 13.2 Å². The minimum absolute atomic E-state index is 0.0976. The van der Waals surface area contributed by atoms with Crippen LogP contribution in [0.3, 0.4) is 0 Å². The highest BCUT2D eigenvalue weighted by atomic mass is 35.5. The molecule has 3 rings (SSSR count). The molecule has 0 saturated carbocycles. The predicted octanol–water partition coefficient (Wildman–Crippen LogP) is 3.75. The molecule has 0 radical (unpaired) electrons. The second kappa shape index (κ2) is 8.41. The molecule has 1 N–H and O–H groups in total. The lowest BCUT2D eigenvalue weighted by Gasteiger charge is -2.31. The van der Waals surface area contributed by atoms with Crippen LogP contribution in [0.25, 0.3) is 10.2 Å². The third-order valence-corrected chi connectivity index (χ3v) is 7.19. The number of aryl methyl sites for hydroxylation is 2. The first kappa shape index (κ1) is 22.3. The summed E-state index contributed by atoms with van der Waals surface area (Å²) in [5.41, 5.74) is 2.31. The van der Waals surface area contributed by atoms with Crippen LogP contribution in [0.1, 0.15) is 18.9 Å². The number of sulfonamides is 1. The molecule has 0 fully saturated rings. The molecule has 0 spiro atoms. The molecule has 2 aromatic carbocycles. The second-order valence-electron chi connectivity index (χ2n) is 7.01. The third-order valence-electron chi connectivity index (χ3n) is 4.80. The molecule has 0 unspecified atom stereocenters. The lowest BCUT2D eigenvalue weighted by atomic mass is 10.1. The van der Waals surface area contributed by atoms with Crippen molar-refractivity contribution in [3.8, 4) is 0 Å². The van der Waals surface area contributed by atoms with Crippen LogP contribution in [0.5, 0.6) is 0 Å². The molecule has 0 bridgehead atoms. The van der Waals surface area contributed by atoms with Gasteiger partial charge in [-0.15, -0.1) is 0 Å². The zero-order valence-electron chi connectivity index (χ0n) is 17.0. The number of amides is 1. The second-order valence-corrected chi connectivity index (χ2v) is 10.3. The number of nitrogens with one attached hydrogen (secondary N) is 1. The monoisotopic (exact) mass is 467 g/mol. The van der Waals surface area contributed by atoms with E-state index in [0.717, 1.165) is 32.1 Å². The van der Waals surface area contributed by atoms with Gasteiger partial charge in [-0.1, -0.05) is 35.9 Å². The van der Waals surface area contributed by atoms with Gasteiger partial charge in [-0.05, 0) is 49.2 Å². The van der Waals surface area contributed by atoms with E-state index >= 15 is 0 Å². The van der Waals surface area contributed by atoms with Crippen molar-refractivity contribution in [2.45, 2.75) is 26.3 Å². The van der Waals surface area contributed by atoms with Crippen LogP contribution < -0.4 is 14.5 Å². The molecule has 1 atom stereocenters. The normalized spacial score (nSPS) is 12.7. The van der Waals surface area contributed by atoms with Gasteiger partial charge in [-0.2, -0.15) is 0 Å². The molecule has 0 aliphatic heterocycles. The Kier molecular flexibility index (Phi) is 6.26. The molecule has 3 aromatic rings. The maximum atomic E-state index is 13.1. The standard InChI is InChI=1S/C20H22ClN3O4S2/c1-5-15(24(30(4,27)28)17-10-13(21)7-6-12(17)2)19(25)22-14-8-9-16-18(11-14)29-20(26)23(16)3/h6-11,15H,5H2,1-4H3,(H,22,25)/t15-/m0/s1. The van der Waals surface area contributed by atoms with E-state index in [9.17, 15) is 18.0 Å². The van der Waals surface area contributed by atoms with Gasteiger partial charge < -0.3 is 9.88 Å². The molecule has 30 heavy (non-hydrogen) atoms. The molecule has 10 heteroatoms. The fourth-order valence-electron chi connectivity index (χ4n) is 3.29. The van der Waals surface area contributed by atoms with Crippen molar-refractivity contribution in [2.75, 3.05) is 15.9 Å². The van der Waals surface area contributed by atoms with Crippen molar-refractivity contribution in [2.24, 2.45) is 7.05 Å². The van der Waals surface area contributed by atoms with Crippen LogP contribution in [-0.2, 0) is 21.9 Å². The summed E-state index contributed by atoms with van der Waals surface area (Å²) in [5.74, 6) is -0.468. The lowest BCUT2D eigenvalue weighted by molar-refractivity contribution is -0.117. The third kappa shape index (κ3) is 4.38. The number of carbonyl (C=O) groups is 1. The van der Waals surface area contributed by atoms with Gasteiger partial charge >= 0.3 is 4.87 Å². The van der Waals surface area contributed by atoms with Gasteiger partial charge in [0, 0.05) is 17.8 Å². The average molecular weight is 468 g/mol. The fourth-order valence-corrected chi connectivity index (χ4v) is 5.64. The molecule has 1 aromatic heterocycles. The fraction of sp³-hybridized carbons (Fsp3) is 0.300. The Morgan fingerprint density at radius 2 is 1.97 bits per heavy atom. The number of halogens is 1. The zero-order chi connectivity index (χ0) is 22.2. The van der Waals surface area contributed by atoms with Crippen LogP contribution in [0.4, 0.5) is 11.4 Å². The largest absolute Gasteiger partial charge is 0.324 e. The number of hydrogen-bond donors (Lipinski definition) is 1. The van der Waals surface area contributed by atoms with Crippen molar-refractivity contribution in [1.29, 1.82) is 0 Å². The Balaban J connectivity index is 1.98. The number of benzene rings is 2. The summed E-state index contributed by atoms with van der Waals surface area (Å²) in [6.45, 7) is 3.51. The molecule has 160 valence electrons. The van der Waals surface area contributed by atoms with E-state index in [1.54, 1.807) is 57.3 Å². The van der Waals surface area contributed by atoms with E-state index in [1.165, 1.54) is 4.57 Å². The molecule has 1 heterocycles. The number of nitrogens with zero attached hydrogens (tertiary/aromatic N) is 2. The van der Waals surface area contributed by atoms with Crippen molar-refractivity contribution in [3.05, 3.63) is 56.7 Å². The minimum Gasteiger partial charge on any atom is -0.324 e. The number of thiazole rings is 1. The first-order chi connectivity index (χ1) is 14.0. The molecule has 7 nitrogen and oxygen atoms in total. The van der Waals surface area contributed by atoms with Crippen molar-refractivity contribution in [1.82, 2.24) is 4.57 Å². The number of hydrogen-bond acceptors (Lipinski definition) is 5. The van der Waals surface area contributed by atoms with Crippen LogP contribution in [0.2, 0.25) is 5.02 Å². The predicted molar refractivity (Wildman–Crippen MR) is 123 cm³/mol. The highest BCUT2D eigenvalue weighted by Crippen LogP contribution is 2.30. The van der Waals surface area contributed by atoms with E-state index in [4.69, 9.17) is 11.6 Å². The maximum absolute atomic E-state index is 13.1. The average Bonchev–Trinajstić information content (AvgIpc) is 2.94. The van der Waals surface area contributed by atoms with Crippen molar-refractivity contribution in [3.63, 3.8) is 0 Å². The topological polar surface area (TPSA) is 88.5 Å². The quantitative estimate of drug-likeness (QED) is 0.598.